The number of ketones is 2. The standard InChI is InChI=1S/C34H24N6O9S.H3N.Na/c35-30-27(50(47,48)49)16-25(28-29(30)32(43)23-4-2-1-3-22(23)31(28)42)36-17-5-7-18(8-6-17)37-34(46)38-19-9-11-20(12-10-19)39-40-21-13-14-26(41)24(15-21)33(44)45;;/h1-16,36,41H,35H2,(H,44,45)(H2,37,38,46)(H,47,48,49);1H3;. The molecule has 0 bridgehead atoms. The van der Waals surface area contributed by atoms with E-state index in [1.54, 1.807) is 36.4 Å². The molecule has 52 heavy (non-hydrogen) atoms. The van der Waals surface area contributed by atoms with Crippen LogP contribution in [0, 0.1) is 0 Å². The number of rotatable bonds is 8. The first kappa shape index (κ1) is 38.8. The Bertz CT molecular complexity index is 2390. The molecule has 16 nitrogen and oxygen atoms in total. The molecule has 2 amide bonds. The number of amides is 2. The number of urea groups is 1. The molecule has 0 heterocycles. The Morgan fingerprint density at radius 1 is 0.712 bits per heavy atom. The largest absolute Gasteiger partial charge is 0.507 e. The van der Waals surface area contributed by atoms with Gasteiger partial charge >= 0.3 is 12.0 Å². The van der Waals surface area contributed by atoms with E-state index in [-0.39, 0.29) is 74.9 Å². The second-order valence-corrected chi connectivity index (χ2v) is 12.2. The van der Waals surface area contributed by atoms with Crippen LogP contribution in [0.15, 0.2) is 112 Å². The second kappa shape index (κ2) is 15.5. The van der Waals surface area contributed by atoms with E-state index in [9.17, 15) is 37.3 Å². The number of nitrogen functional groups attached to an aromatic ring is 1. The van der Waals surface area contributed by atoms with Crippen molar-refractivity contribution in [3.8, 4) is 5.75 Å². The SMILES string of the molecule is N.Nc1c(S(=O)(=O)O)cc(Nc2ccc(NC(=O)Nc3ccc(N=Nc4ccc(O)c(C(=O)O)c4)cc3)cc2)c2c1C(=O)c1ccccc1C2=O.[Na]. The summed E-state index contributed by atoms with van der Waals surface area (Å²) >= 11 is 0. The number of nitrogens with two attached hydrogens (primary N) is 1. The quantitative estimate of drug-likeness (QED) is 0.0371. The maximum atomic E-state index is 13.5. The number of azo groups is 1. The van der Waals surface area contributed by atoms with E-state index in [4.69, 9.17) is 10.8 Å². The van der Waals surface area contributed by atoms with Gasteiger partial charge in [-0.3, -0.25) is 14.1 Å². The molecule has 259 valence electrons. The molecule has 0 unspecified atom stereocenters. The Balaban J connectivity index is 0.00000302. The molecule has 1 aliphatic carbocycles. The third-order valence-corrected chi connectivity index (χ3v) is 8.41. The summed E-state index contributed by atoms with van der Waals surface area (Å²) in [6, 6.07) is 22.6. The normalized spacial score (nSPS) is 11.8. The van der Waals surface area contributed by atoms with Gasteiger partial charge < -0.3 is 38.0 Å². The van der Waals surface area contributed by atoms with Crippen molar-refractivity contribution >= 4 is 103 Å². The monoisotopic (exact) mass is 732 g/mol. The van der Waals surface area contributed by atoms with E-state index >= 15 is 0 Å². The predicted molar refractivity (Wildman–Crippen MR) is 193 cm³/mol. The van der Waals surface area contributed by atoms with Crippen molar-refractivity contribution in [2.75, 3.05) is 21.7 Å². The minimum absolute atomic E-state index is 0. The number of phenols is 1. The van der Waals surface area contributed by atoms with Gasteiger partial charge in [0.1, 0.15) is 16.2 Å². The number of anilines is 5. The van der Waals surface area contributed by atoms with Gasteiger partial charge in [0, 0.05) is 57.7 Å². The maximum absolute atomic E-state index is 13.5. The zero-order valence-electron chi connectivity index (χ0n) is 27.1. The number of hydrogen-bond donors (Lipinski definition) is 8. The number of nitrogens with zero attached hydrogens (tertiary/aromatic N) is 2. The number of carbonyl (C=O) groups is 4. The van der Waals surface area contributed by atoms with Gasteiger partial charge in [-0.25, -0.2) is 9.59 Å². The van der Waals surface area contributed by atoms with E-state index in [0.717, 1.165) is 6.07 Å². The van der Waals surface area contributed by atoms with E-state index in [1.165, 1.54) is 54.6 Å². The van der Waals surface area contributed by atoms with Crippen molar-refractivity contribution in [3.05, 3.63) is 125 Å². The van der Waals surface area contributed by atoms with Crippen molar-refractivity contribution in [2.24, 2.45) is 10.2 Å². The minimum Gasteiger partial charge on any atom is -0.507 e. The van der Waals surface area contributed by atoms with Crippen LogP contribution in [-0.2, 0) is 10.1 Å². The van der Waals surface area contributed by atoms with Crippen LogP contribution in [0.1, 0.15) is 42.2 Å². The summed E-state index contributed by atoms with van der Waals surface area (Å²) in [5, 5.41) is 35.0. The summed E-state index contributed by atoms with van der Waals surface area (Å²) < 4.78 is 34.2. The molecule has 1 radical (unpaired) electrons. The fourth-order valence-corrected chi connectivity index (χ4v) is 5.82. The summed E-state index contributed by atoms with van der Waals surface area (Å²) in [5.74, 6) is -2.94. The van der Waals surface area contributed by atoms with Gasteiger partial charge in [-0.2, -0.15) is 18.6 Å². The van der Waals surface area contributed by atoms with Crippen molar-refractivity contribution in [1.29, 1.82) is 0 Å². The summed E-state index contributed by atoms with van der Waals surface area (Å²) in [4.78, 5) is 50.0. The average molecular weight is 733 g/mol. The number of benzene rings is 5. The molecule has 0 spiro atoms. The first-order chi connectivity index (χ1) is 23.8. The fraction of sp³-hybridized carbons (Fsp3) is 0. The van der Waals surface area contributed by atoms with Crippen LogP contribution in [0.3, 0.4) is 0 Å². The number of carboxylic acids is 1. The topological polar surface area (TPSA) is 285 Å². The van der Waals surface area contributed by atoms with Crippen LogP contribution in [0.2, 0.25) is 0 Å². The average Bonchev–Trinajstić information content (AvgIpc) is 3.08. The molecule has 1 aliphatic rings. The molecule has 0 atom stereocenters. The van der Waals surface area contributed by atoms with Crippen molar-refractivity contribution in [1.82, 2.24) is 6.15 Å². The Hall–Kier alpha value is -5.95. The molecule has 6 rings (SSSR count). The van der Waals surface area contributed by atoms with Gasteiger partial charge in [-0.05, 0) is 72.8 Å². The van der Waals surface area contributed by atoms with Crippen molar-refractivity contribution in [2.45, 2.75) is 4.90 Å². The molecule has 0 saturated heterocycles. The summed E-state index contributed by atoms with van der Waals surface area (Å²) in [7, 11) is -4.89. The Labute approximate surface area is 317 Å². The van der Waals surface area contributed by atoms with E-state index in [2.05, 4.69) is 26.2 Å². The molecular formula is C34H27N7NaO9S. The number of hydrogen-bond acceptors (Lipinski definition) is 12. The third-order valence-electron chi connectivity index (χ3n) is 7.52. The first-order valence-corrected chi connectivity index (χ1v) is 15.9. The molecule has 11 N–H and O–H groups in total. The first-order valence-electron chi connectivity index (χ1n) is 14.5. The molecule has 0 aromatic heterocycles. The zero-order valence-corrected chi connectivity index (χ0v) is 29.9. The third kappa shape index (κ3) is 8.00. The fourth-order valence-electron chi connectivity index (χ4n) is 5.18. The molecule has 0 saturated carbocycles. The van der Waals surface area contributed by atoms with Crippen LogP contribution in [0.5, 0.6) is 5.75 Å². The Morgan fingerprint density at radius 2 is 1.21 bits per heavy atom. The number of aromatic carboxylic acids is 1. The summed E-state index contributed by atoms with van der Waals surface area (Å²) in [6.45, 7) is 0. The number of carbonyl (C=O) groups excluding carboxylic acids is 3. The second-order valence-electron chi connectivity index (χ2n) is 10.8. The smallest absolute Gasteiger partial charge is 0.339 e. The predicted octanol–water partition coefficient (Wildman–Crippen LogP) is 6.28. The van der Waals surface area contributed by atoms with Gasteiger partial charge in [0.15, 0.2) is 11.6 Å². The summed E-state index contributed by atoms with van der Waals surface area (Å²) in [5.41, 5.74) is 6.51. The molecule has 5 aromatic rings. The van der Waals surface area contributed by atoms with Gasteiger partial charge in [-0.1, -0.05) is 24.3 Å². The maximum Gasteiger partial charge on any atom is 0.339 e. The Kier molecular flexibility index (Phi) is 11.6. The molecule has 5 aromatic carbocycles. The van der Waals surface area contributed by atoms with Crippen LogP contribution < -0.4 is 27.8 Å². The number of fused-ring (bicyclic) bond motifs is 2. The zero-order chi connectivity index (χ0) is 35.7. The van der Waals surface area contributed by atoms with Gasteiger partial charge in [0.2, 0.25) is 0 Å². The van der Waals surface area contributed by atoms with E-state index in [1.807, 2.05) is 0 Å². The molecule has 0 aliphatic heterocycles. The van der Waals surface area contributed by atoms with Crippen molar-refractivity contribution in [3.63, 3.8) is 0 Å². The van der Waals surface area contributed by atoms with Crippen LogP contribution >= 0.6 is 0 Å². The number of aromatic hydroxyl groups is 1. The minimum atomic E-state index is -4.89. The number of nitrogens with one attached hydrogen (secondary N) is 3. The Morgan fingerprint density at radius 3 is 1.77 bits per heavy atom. The molecular weight excluding hydrogens is 705 g/mol. The van der Waals surface area contributed by atoms with Crippen LogP contribution in [-0.4, -0.2) is 76.3 Å². The van der Waals surface area contributed by atoms with E-state index in [0.29, 0.717) is 22.7 Å². The number of carboxylic acid groups (broad SMARTS) is 1. The van der Waals surface area contributed by atoms with E-state index < -0.39 is 50.0 Å². The van der Waals surface area contributed by atoms with Crippen LogP contribution in [0.25, 0.3) is 0 Å². The van der Waals surface area contributed by atoms with Crippen LogP contribution in [0.4, 0.5) is 44.6 Å². The summed E-state index contributed by atoms with van der Waals surface area (Å²) in [6.07, 6.45) is 0. The van der Waals surface area contributed by atoms with Gasteiger partial charge in [-0.15, -0.1) is 0 Å². The van der Waals surface area contributed by atoms with Gasteiger partial charge in [0.25, 0.3) is 10.1 Å². The molecule has 18 heteroatoms. The van der Waals surface area contributed by atoms with Gasteiger partial charge in [0.05, 0.1) is 33.9 Å². The molecule has 0 fully saturated rings. The van der Waals surface area contributed by atoms with Crippen molar-refractivity contribution < 1.29 is 42.4 Å².